The van der Waals surface area contributed by atoms with Crippen LogP contribution in [0.25, 0.3) is 0 Å². The first-order valence-corrected chi connectivity index (χ1v) is 7.60. The summed E-state index contributed by atoms with van der Waals surface area (Å²) in [6, 6.07) is 5.85. The molecule has 0 aliphatic heterocycles. The van der Waals surface area contributed by atoms with Crippen LogP contribution in [-0.2, 0) is 11.3 Å². The van der Waals surface area contributed by atoms with E-state index in [1.165, 1.54) is 0 Å². The number of benzene rings is 1. The zero-order valence-electron chi connectivity index (χ0n) is 12.5. The Hall–Kier alpha value is -1.07. The number of ether oxygens (including phenoxy) is 1. The van der Waals surface area contributed by atoms with Gasteiger partial charge in [-0.15, -0.1) is 0 Å². The van der Waals surface area contributed by atoms with Gasteiger partial charge in [-0.05, 0) is 53.5 Å². The highest BCUT2D eigenvalue weighted by atomic mass is 79.9. The van der Waals surface area contributed by atoms with E-state index >= 15 is 0 Å². The van der Waals surface area contributed by atoms with E-state index in [9.17, 15) is 4.79 Å². The van der Waals surface area contributed by atoms with Gasteiger partial charge in [-0.25, -0.2) is 0 Å². The maximum atomic E-state index is 11.9. The standard InChI is InChI=1S/C15H23BrN2O2/c1-10(2)8-18-15(19)11(3)20-14-6-5-12(9-17-4)7-13(14)16/h5-7,10-11,17H,8-9H2,1-4H3,(H,18,19). The van der Waals surface area contributed by atoms with E-state index in [1.807, 2.05) is 25.2 Å². The summed E-state index contributed by atoms with van der Waals surface area (Å²) in [6.45, 7) is 7.33. The van der Waals surface area contributed by atoms with Crippen molar-refractivity contribution in [2.75, 3.05) is 13.6 Å². The molecule has 1 amide bonds. The van der Waals surface area contributed by atoms with Crippen molar-refractivity contribution in [1.29, 1.82) is 0 Å². The lowest BCUT2D eigenvalue weighted by atomic mass is 10.2. The summed E-state index contributed by atoms with van der Waals surface area (Å²) in [7, 11) is 1.90. The van der Waals surface area contributed by atoms with E-state index in [2.05, 4.69) is 40.4 Å². The molecule has 1 aromatic rings. The topological polar surface area (TPSA) is 50.4 Å². The van der Waals surface area contributed by atoms with Gasteiger partial charge < -0.3 is 15.4 Å². The number of hydrogen-bond acceptors (Lipinski definition) is 3. The molecule has 0 aromatic heterocycles. The highest BCUT2D eigenvalue weighted by molar-refractivity contribution is 9.10. The molecule has 0 fully saturated rings. The predicted molar refractivity (Wildman–Crippen MR) is 84.8 cm³/mol. The lowest BCUT2D eigenvalue weighted by Crippen LogP contribution is -2.38. The minimum absolute atomic E-state index is 0.0927. The van der Waals surface area contributed by atoms with Gasteiger partial charge in [0.05, 0.1) is 4.47 Å². The zero-order valence-corrected chi connectivity index (χ0v) is 14.1. The first-order chi connectivity index (χ1) is 9.43. The minimum atomic E-state index is -0.514. The molecule has 112 valence electrons. The van der Waals surface area contributed by atoms with Crippen LogP contribution in [0.15, 0.2) is 22.7 Å². The maximum absolute atomic E-state index is 11.9. The quantitative estimate of drug-likeness (QED) is 0.800. The molecule has 0 spiro atoms. The van der Waals surface area contributed by atoms with Crippen LogP contribution in [0.3, 0.4) is 0 Å². The van der Waals surface area contributed by atoms with Crippen molar-refractivity contribution in [3.05, 3.63) is 28.2 Å². The number of nitrogens with one attached hydrogen (secondary N) is 2. The molecule has 5 heteroatoms. The fraction of sp³-hybridized carbons (Fsp3) is 0.533. The Balaban J connectivity index is 2.61. The first-order valence-electron chi connectivity index (χ1n) is 6.81. The van der Waals surface area contributed by atoms with Crippen LogP contribution in [0.1, 0.15) is 26.3 Å². The molecule has 1 atom stereocenters. The molecule has 0 bridgehead atoms. The van der Waals surface area contributed by atoms with Crippen molar-refractivity contribution in [2.45, 2.75) is 33.4 Å². The second-order valence-corrected chi connectivity index (χ2v) is 6.05. The van der Waals surface area contributed by atoms with Crippen LogP contribution >= 0.6 is 15.9 Å². The van der Waals surface area contributed by atoms with Gasteiger partial charge in [-0.1, -0.05) is 19.9 Å². The molecule has 0 saturated heterocycles. The Morgan fingerprint density at radius 2 is 2.05 bits per heavy atom. The lowest BCUT2D eigenvalue weighted by Gasteiger charge is -2.17. The maximum Gasteiger partial charge on any atom is 0.260 e. The third-order valence-corrected chi connectivity index (χ3v) is 3.35. The van der Waals surface area contributed by atoms with Gasteiger partial charge in [0.25, 0.3) is 5.91 Å². The zero-order chi connectivity index (χ0) is 15.1. The van der Waals surface area contributed by atoms with Gasteiger partial charge in [-0.2, -0.15) is 0 Å². The Bertz CT molecular complexity index is 449. The summed E-state index contributed by atoms with van der Waals surface area (Å²) < 4.78 is 6.55. The monoisotopic (exact) mass is 342 g/mol. The van der Waals surface area contributed by atoms with Gasteiger partial charge in [0.2, 0.25) is 0 Å². The van der Waals surface area contributed by atoms with Crippen molar-refractivity contribution < 1.29 is 9.53 Å². The smallest absolute Gasteiger partial charge is 0.260 e. The largest absolute Gasteiger partial charge is 0.480 e. The lowest BCUT2D eigenvalue weighted by molar-refractivity contribution is -0.127. The Kier molecular flexibility index (Phi) is 7.02. The predicted octanol–water partition coefficient (Wildman–Crippen LogP) is 2.71. The number of halogens is 1. The van der Waals surface area contributed by atoms with E-state index in [0.717, 1.165) is 16.6 Å². The Morgan fingerprint density at radius 3 is 2.60 bits per heavy atom. The van der Waals surface area contributed by atoms with E-state index in [1.54, 1.807) is 6.92 Å². The summed E-state index contributed by atoms with van der Waals surface area (Å²) >= 11 is 3.47. The normalized spacial score (nSPS) is 12.3. The molecule has 0 heterocycles. The van der Waals surface area contributed by atoms with Crippen LogP contribution in [0.2, 0.25) is 0 Å². The van der Waals surface area contributed by atoms with Crippen LogP contribution in [-0.4, -0.2) is 25.6 Å². The SMILES string of the molecule is CNCc1ccc(OC(C)C(=O)NCC(C)C)c(Br)c1. The van der Waals surface area contributed by atoms with Gasteiger partial charge in [0, 0.05) is 13.1 Å². The Morgan fingerprint density at radius 1 is 1.35 bits per heavy atom. The van der Waals surface area contributed by atoms with E-state index in [-0.39, 0.29) is 5.91 Å². The van der Waals surface area contributed by atoms with Crippen LogP contribution in [0.4, 0.5) is 0 Å². The summed E-state index contributed by atoms with van der Waals surface area (Å²) in [5.41, 5.74) is 1.16. The molecule has 0 aliphatic carbocycles. The summed E-state index contributed by atoms with van der Waals surface area (Å²) in [5.74, 6) is 1.01. The highest BCUT2D eigenvalue weighted by Crippen LogP contribution is 2.27. The number of rotatable bonds is 7. The van der Waals surface area contributed by atoms with Crippen molar-refractivity contribution in [3.63, 3.8) is 0 Å². The van der Waals surface area contributed by atoms with Crippen molar-refractivity contribution >= 4 is 21.8 Å². The molecule has 0 saturated carbocycles. The summed E-state index contributed by atoms with van der Waals surface area (Å²) in [6.07, 6.45) is -0.514. The minimum Gasteiger partial charge on any atom is -0.480 e. The van der Waals surface area contributed by atoms with E-state index < -0.39 is 6.10 Å². The molecule has 4 nitrogen and oxygen atoms in total. The molecule has 1 rings (SSSR count). The second-order valence-electron chi connectivity index (χ2n) is 5.19. The highest BCUT2D eigenvalue weighted by Gasteiger charge is 2.16. The van der Waals surface area contributed by atoms with Crippen LogP contribution in [0, 0.1) is 5.92 Å². The molecular formula is C15H23BrN2O2. The average Bonchev–Trinajstić information content (AvgIpc) is 2.39. The molecule has 0 radical (unpaired) electrons. The number of carbonyl (C=O) groups is 1. The van der Waals surface area contributed by atoms with Crippen molar-refractivity contribution in [3.8, 4) is 5.75 Å². The van der Waals surface area contributed by atoms with E-state index in [0.29, 0.717) is 18.2 Å². The fourth-order valence-electron chi connectivity index (χ4n) is 1.65. The molecule has 1 aromatic carbocycles. The fourth-order valence-corrected chi connectivity index (χ4v) is 2.17. The molecule has 20 heavy (non-hydrogen) atoms. The molecular weight excluding hydrogens is 320 g/mol. The average molecular weight is 343 g/mol. The van der Waals surface area contributed by atoms with Crippen LogP contribution in [0.5, 0.6) is 5.75 Å². The third kappa shape index (κ3) is 5.51. The third-order valence-electron chi connectivity index (χ3n) is 2.73. The number of amides is 1. The van der Waals surface area contributed by atoms with Crippen molar-refractivity contribution in [1.82, 2.24) is 10.6 Å². The summed E-state index contributed by atoms with van der Waals surface area (Å²) in [5, 5.41) is 5.96. The molecule has 2 N–H and O–H groups in total. The van der Waals surface area contributed by atoms with Gasteiger partial charge in [-0.3, -0.25) is 4.79 Å². The Labute approximate surface area is 129 Å². The van der Waals surface area contributed by atoms with Gasteiger partial charge in [0.15, 0.2) is 6.10 Å². The van der Waals surface area contributed by atoms with Gasteiger partial charge in [0.1, 0.15) is 5.75 Å². The second kappa shape index (κ2) is 8.27. The molecule has 1 unspecified atom stereocenters. The van der Waals surface area contributed by atoms with Gasteiger partial charge >= 0.3 is 0 Å². The number of carbonyl (C=O) groups excluding carboxylic acids is 1. The van der Waals surface area contributed by atoms with Crippen LogP contribution < -0.4 is 15.4 Å². The van der Waals surface area contributed by atoms with Crippen molar-refractivity contribution in [2.24, 2.45) is 5.92 Å². The van der Waals surface area contributed by atoms with E-state index in [4.69, 9.17) is 4.74 Å². The summed E-state index contributed by atoms with van der Waals surface area (Å²) in [4.78, 5) is 11.9. The number of hydrogen-bond donors (Lipinski definition) is 2. The molecule has 0 aliphatic rings. The first kappa shape index (κ1) is 17.0.